The number of benzene rings is 2. The van der Waals surface area contributed by atoms with E-state index in [2.05, 4.69) is 81.4 Å². The Labute approximate surface area is 211 Å². The highest BCUT2D eigenvalue weighted by Gasteiger charge is 2.50. The number of carbonyl (C=O) groups is 2. The molecule has 0 bridgehead atoms. The summed E-state index contributed by atoms with van der Waals surface area (Å²) < 4.78 is 6.93. The van der Waals surface area contributed by atoms with E-state index in [1.54, 1.807) is 7.05 Å². The maximum absolute atomic E-state index is 12.4. The topological polar surface area (TPSA) is 55.8 Å². The molecule has 2 aromatic rings. The molecule has 0 heterocycles. The Bertz CT molecular complexity index is 918. The molecule has 0 unspecified atom stereocenters. The van der Waals surface area contributed by atoms with E-state index in [0.717, 1.165) is 25.7 Å². The highest BCUT2D eigenvalue weighted by atomic mass is 28.4. The summed E-state index contributed by atoms with van der Waals surface area (Å²) in [4.78, 5) is 29.5. The summed E-state index contributed by atoms with van der Waals surface area (Å²) in [5.41, 5.74) is 0. The molecule has 5 nitrogen and oxygen atoms in total. The Morgan fingerprint density at radius 1 is 0.886 bits per heavy atom. The molecule has 2 aromatic carbocycles. The Morgan fingerprint density at radius 2 is 1.43 bits per heavy atom. The maximum Gasteiger partial charge on any atom is 0.261 e. The van der Waals surface area contributed by atoms with Gasteiger partial charge in [-0.2, -0.15) is 0 Å². The average molecular weight is 496 g/mol. The summed E-state index contributed by atoms with van der Waals surface area (Å²) in [6.45, 7) is 7.60. The van der Waals surface area contributed by atoms with Crippen molar-refractivity contribution < 1.29 is 18.9 Å². The van der Waals surface area contributed by atoms with Crippen LogP contribution in [0.1, 0.15) is 59.3 Å². The van der Waals surface area contributed by atoms with Crippen molar-refractivity contribution in [3.63, 3.8) is 0 Å². The lowest BCUT2D eigenvalue weighted by Gasteiger charge is -2.43. The zero-order valence-corrected chi connectivity index (χ0v) is 23.0. The van der Waals surface area contributed by atoms with Crippen molar-refractivity contribution in [2.24, 2.45) is 11.8 Å². The van der Waals surface area contributed by atoms with Crippen molar-refractivity contribution in [1.82, 2.24) is 5.06 Å². The van der Waals surface area contributed by atoms with Crippen LogP contribution in [0.3, 0.4) is 0 Å². The molecular formula is C29H41NO4Si. The summed E-state index contributed by atoms with van der Waals surface area (Å²) in [5.74, 6) is -0.173. The van der Waals surface area contributed by atoms with Gasteiger partial charge in [0.15, 0.2) is 0 Å². The molecule has 3 rings (SSSR count). The van der Waals surface area contributed by atoms with Gasteiger partial charge in [0.25, 0.3) is 8.32 Å². The van der Waals surface area contributed by atoms with Crippen LogP contribution in [0, 0.1) is 11.8 Å². The Hall–Kier alpha value is -2.28. The number of hydrogen-bond acceptors (Lipinski definition) is 4. The minimum atomic E-state index is -2.47. The van der Waals surface area contributed by atoms with Crippen LogP contribution in [0.2, 0.25) is 5.04 Å². The highest BCUT2D eigenvalue weighted by molar-refractivity contribution is 6.99. The van der Waals surface area contributed by atoms with Gasteiger partial charge in [-0.25, -0.2) is 5.06 Å². The molecule has 2 atom stereocenters. The number of rotatable bonds is 13. The monoisotopic (exact) mass is 495 g/mol. The van der Waals surface area contributed by atoms with E-state index in [1.807, 2.05) is 0 Å². The fraction of sp³-hybridized carbons (Fsp3) is 0.517. The molecule has 0 saturated heterocycles. The Morgan fingerprint density at radius 3 is 1.94 bits per heavy atom. The second kappa shape index (κ2) is 12.1. The largest absolute Gasteiger partial charge is 0.407 e. The summed E-state index contributed by atoms with van der Waals surface area (Å²) in [6.07, 6.45) is 5.10. The first-order valence-corrected chi connectivity index (χ1v) is 14.7. The van der Waals surface area contributed by atoms with E-state index in [1.165, 1.54) is 22.5 Å². The molecule has 0 radical (unpaired) electrons. The SMILES string of the molecule is CON(C)C(=O)[C@@H]1C[C@H]1C(=O)CCCCCCO[Si](c1ccccc1)(c1ccccc1)C(C)(C)C. The third-order valence-electron chi connectivity index (χ3n) is 7.16. The normalized spacial score (nSPS) is 17.7. The second-order valence-electron chi connectivity index (χ2n) is 10.6. The van der Waals surface area contributed by atoms with Gasteiger partial charge < -0.3 is 4.43 Å². The summed E-state index contributed by atoms with van der Waals surface area (Å²) in [6, 6.07) is 21.4. The third-order valence-corrected chi connectivity index (χ3v) is 12.2. The minimum absolute atomic E-state index is 0.0166. The first kappa shape index (κ1) is 27.3. The predicted octanol–water partition coefficient (Wildman–Crippen LogP) is 4.74. The number of amides is 1. The summed E-state index contributed by atoms with van der Waals surface area (Å²) in [5, 5.41) is 3.81. The molecular weight excluding hydrogens is 454 g/mol. The number of hydrogen-bond donors (Lipinski definition) is 0. The van der Waals surface area contributed by atoms with Gasteiger partial charge in [-0.05, 0) is 34.7 Å². The predicted molar refractivity (Wildman–Crippen MR) is 143 cm³/mol. The van der Waals surface area contributed by atoms with Crippen molar-refractivity contribution in [2.45, 2.75) is 64.3 Å². The van der Waals surface area contributed by atoms with E-state index in [-0.39, 0.29) is 28.6 Å². The van der Waals surface area contributed by atoms with E-state index >= 15 is 0 Å². The average Bonchev–Trinajstić information content (AvgIpc) is 3.66. The lowest BCUT2D eigenvalue weighted by molar-refractivity contribution is -0.170. The maximum atomic E-state index is 12.4. The number of ketones is 1. The molecule has 1 amide bonds. The van der Waals surface area contributed by atoms with Gasteiger partial charge >= 0.3 is 0 Å². The molecule has 0 aromatic heterocycles. The molecule has 0 N–H and O–H groups in total. The van der Waals surface area contributed by atoms with Gasteiger partial charge in [-0.3, -0.25) is 14.4 Å². The van der Waals surface area contributed by atoms with E-state index in [4.69, 9.17) is 9.26 Å². The van der Waals surface area contributed by atoms with Crippen LogP contribution < -0.4 is 10.4 Å². The first-order valence-electron chi connectivity index (χ1n) is 12.8. The van der Waals surface area contributed by atoms with Crippen LogP contribution in [0.5, 0.6) is 0 Å². The molecule has 1 aliphatic carbocycles. The fourth-order valence-corrected chi connectivity index (χ4v) is 9.68. The fourth-order valence-electron chi connectivity index (χ4n) is 5.07. The highest BCUT2D eigenvalue weighted by Crippen LogP contribution is 2.41. The Balaban J connectivity index is 1.50. The van der Waals surface area contributed by atoms with Crippen LogP contribution in [0.25, 0.3) is 0 Å². The van der Waals surface area contributed by atoms with Crippen molar-refractivity contribution in [3.05, 3.63) is 60.7 Å². The molecule has 190 valence electrons. The molecule has 1 saturated carbocycles. The number of nitrogens with zero attached hydrogens (tertiary/aromatic N) is 1. The number of hydroxylamine groups is 2. The smallest absolute Gasteiger partial charge is 0.261 e. The second-order valence-corrected chi connectivity index (χ2v) is 14.9. The van der Waals surface area contributed by atoms with Crippen LogP contribution in [0.15, 0.2) is 60.7 Å². The van der Waals surface area contributed by atoms with Crippen molar-refractivity contribution in [1.29, 1.82) is 0 Å². The molecule has 6 heteroatoms. The van der Waals surface area contributed by atoms with Crippen molar-refractivity contribution in [3.8, 4) is 0 Å². The quantitative estimate of drug-likeness (QED) is 0.229. The molecule has 1 fully saturated rings. The van der Waals surface area contributed by atoms with Crippen LogP contribution >= 0.6 is 0 Å². The van der Waals surface area contributed by atoms with Gasteiger partial charge in [0.1, 0.15) is 5.78 Å². The van der Waals surface area contributed by atoms with Gasteiger partial charge in [0.05, 0.1) is 13.0 Å². The molecule has 35 heavy (non-hydrogen) atoms. The molecule has 1 aliphatic rings. The standard InChI is InChI=1S/C29H41NO4Si/c1-29(2,3)35(23-16-10-8-11-17-23,24-18-12-9-13-19-24)34-21-15-7-6-14-20-27(31)25-22-26(25)28(32)30(4)33-5/h8-13,16-19,25-26H,6-7,14-15,20-22H2,1-5H3/t25-,26-/m1/s1. The van der Waals surface area contributed by atoms with Gasteiger partial charge in [0, 0.05) is 26.0 Å². The van der Waals surface area contributed by atoms with Crippen LogP contribution in [0.4, 0.5) is 0 Å². The van der Waals surface area contributed by atoms with Crippen LogP contribution in [-0.4, -0.2) is 45.8 Å². The lowest BCUT2D eigenvalue weighted by atomic mass is 10.1. The van der Waals surface area contributed by atoms with E-state index in [0.29, 0.717) is 19.4 Å². The molecule has 0 spiro atoms. The van der Waals surface area contributed by atoms with Crippen molar-refractivity contribution >= 4 is 30.4 Å². The number of unbranched alkanes of at least 4 members (excludes halogenated alkanes) is 3. The number of carbonyl (C=O) groups excluding carboxylic acids is 2. The summed E-state index contributed by atoms with van der Waals surface area (Å²) >= 11 is 0. The van der Waals surface area contributed by atoms with E-state index < -0.39 is 8.32 Å². The zero-order valence-electron chi connectivity index (χ0n) is 22.0. The van der Waals surface area contributed by atoms with Crippen LogP contribution in [-0.2, 0) is 18.9 Å². The Kier molecular flexibility index (Phi) is 9.45. The van der Waals surface area contributed by atoms with Gasteiger partial charge in [-0.1, -0.05) is 94.3 Å². The van der Waals surface area contributed by atoms with Crippen molar-refractivity contribution in [2.75, 3.05) is 20.8 Å². The third kappa shape index (κ3) is 6.49. The number of Topliss-reactive ketones (excluding diaryl/α,β-unsaturated/α-hetero) is 1. The van der Waals surface area contributed by atoms with E-state index in [9.17, 15) is 9.59 Å². The summed E-state index contributed by atoms with van der Waals surface area (Å²) in [7, 11) is 0.587. The first-order chi connectivity index (χ1) is 16.7. The minimum Gasteiger partial charge on any atom is -0.407 e. The van der Waals surface area contributed by atoms with Gasteiger partial charge in [0.2, 0.25) is 5.91 Å². The zero-order chi connectivity index (χ0) is 25.5. The van der Waals surface area contributed by atoms with Gasteiger partial charge in [-0.15, -0.1) is 0 Å². The lowest BCUT2D eigenvalue weighted by Crippen LogP contribution is -2.66. The molecule has 0 aliphatic heterocycles.